The van der Waals surface area contributed by atoms with Crippen LogP contribution in [0.4, 0.5) is 0 Å². The number of thioether (sulfide) groups is 1. The molecule has 0 atom stereocenters. The lowest BCUT2D eigenvalue weighted by Crippen LogP contribution is -2.47. The summed E-state index contributed by atoms with van der Waals surface area (Å²) in [6.45, 7) is 0. The van der Waals surface area contributed by atoms with Crippen molar-refractivity contribution in [3.63, 3.8) is 0 Å². The van der Waals surface area contributed by atoms with Crippen LogP contribution in [0.5, 0.6) is 0 Å². The second kappa shape index (κ2) is 5.01. The minimum Gasteiger partial charge on any atom is -0.478 e. The van der Waals surface area contributed by atoms with Crippen molar-refractivity contribution in [3.8, 4) is 0 Å². The summed E-state index contributed by atoms with van der Waals surface area (Å²) in [6, 6.07) is 3.28. The van der Waals surface area contributed by atoms with Gasteiger partial charge in [0.05, 0.1) is 10.6 Å². The third-order valence-corrected chi connectivity index (χ3v) is 6.95. The van der Waals surface area contributed by atoms with Crippen molar-refractivity contribution in [1.82, 2.24) is 4.98 Å². The Kier molecular flexibility index (Phi) is 3.25. The quantitative estimate of drug-likeness (QED) is 0.851. The highest BCUT2D eigenvalue weighted by Gasteiger charge is 2.50. The highest BCUT2D eigenvalue weighted by atomic mass is 32.2. The standard InChI is InChI=1S/C17H21NO2S/c19-16(20)14-1-2-18-15(6-14)21-10-17-7-11-3-12(8-17)5-13(4-11)9-17/h1-2,6,11-13H,3-5,7-10H2,(H,19,20). The molecule has 4 aliphatic rings. The number of aromatic nitrogens is 1. The van der Waals surface area contributed by atoms with Gasteiger partial charge in [0.25, 0.3) is 0 Å². The SMILES string of the molecule is O=C(O)c1ccnc(SCC23CC4CC(CC(C4)C2)C3)c1. The van der Waals surface area contributed by atoms with Crippen LogP contribution in [0.15, 0.2) is 23.4 Å². The fraction of sp³-hybridized carbons (Fsp3) is 0.647. The number of carbonyl (C=O) groups is 1. The molecule has 112 valence electrons. The molecular weight excluding hydrogens is 282 g/mol. The topological polar surface area (TPSA) is 50.2 Å². The van der Waals surface area contributed by atoms with Crippen LogP contribution in [0, 0.1) is 23.2 Å². The Balaban J connectivity index is 1.47. The first-order chi connectivity index (χ1) is 10.1. The van der Waals surface area contributed by atoms with Crippen molar-refractivity contribution in [2.24, 2.45) is 23.2 Å². The number of hydrogen-bond donors (Lipinski definition) is 1. The van der Waals surface area contributed by atoms with Gasteiger partial charge in [-0.05, 0) is 73.8 Å². The van der Waals surface area contributed by atoms with Gasteiger partial charge >= 0.3 is 5.97 Å². The van der Waals surface area contributed by atoms with Crippen molar-refractivity contribution in [1.29, 1.82) is 0 Å². The molecule has 0 amide bonds. The van der Waals surface area contributed by atoms with Crippen LogP contribution in [0.3, 0.4) is 0 Å². The summed E-state index contributed by atoms with van der Waals surface area (Å²) in [5.74, 6) is 3.15. The van der Waals surface area contributed by atoms with E-state index < -0.39 is 5.97 Å². The van der Waals surface area contributed by atoms with Crippen LogP contribution >= 0.6 is 11.8 Å². The molecule has 0 spiro atoms. The number of aromatic carboxylic acids is 1. The Bertz CT molecular complexity index is 536. The van der Waals surface area contributed by atoms with Gasteiger partial charge in [0, 0.05) is 11.9 Å². The molecule has 0 aromatic carbocycles. The summed E-state index contributed by atoms with van der Waals surface area (Å²) in [6.07, 6.45) is 10.2. The zero-order chi connectivity index (χ0) is 14.4. The monoisotopic (exact) mass is 303 g/mol. The van der Waals surface area contributed by atoms with E-state index in [-0.39, 0.29) is 0 Å². The molecule has 0 saturated heterocycles. The Labute approximate surface area is 129 Å². The summed E-state index contributed by atoms with van der Waals surface area (Å²) < 4.78 is 0. The molecule has 0 radical (unpaired) electrons. The van der Waals surface area contributed by atoms with Gasteiger partial charge in [-0.3, -0.25) is 0 Å². The van der Waals surface area contributed by atoms with Gasteiger partial charge in [0.15, 0.2) is 0 Å². The molecule has 21 heavy (non-hydrogen) atoms. The second-order valence-corrected chi connectivity index (χ2v) is 8.39. The molecule has 1 aromatic rings. The summed E-state index contributed by atoms with van der Waals surface area (Å²) in [5, 5.41) is 9.94. The predicted octanol–water partition coefficient (Wildman–Crippen LogP) is 4.09. The molecule has 5 rings (SSSR count). The molecule has 0 unspecified atom stereocenters. The van der Waals surface area contributed by atoms with Crippen molar-refractivity contribution < 1.29 is 9.90 Å². The Morgan fingerprint density at radius 3 is 2.43 bits per heavy atom. The fourth-order valence-electron chi connectivity index (χ4n) is 5.32. The lowest BCUT2D eigenvalue weighted by atomic mass is 9.50. The number of carboxylic acid groups (broad SMARTS) is 1. The van der Waals surface area contributed by atoms with E-state index in [0.29, 0.717) is 11.0 Å². The lowest BCUT2D eigenvalue weighted by molar-refractivity contribution is -0.0381. The summed E-state index contributed by atoms with van der Waals surface area (Å²) in [4.78, 5) is 15.4. The first-order valence-corrected chi connectivity index (χ1v) is 8.93. The first kappa shape index (κ1) is 13.6. The van der Waals surface area contributed by atoms with E-state index in [2.05, 4.69) is 4.98 Å². The van der Waals surface area contributed by atoms with Crippen molar-refractivity contribution >= 4 is 17.7 Å². The number of hydrogen-bond acceptors (Lipinski definition) is 3. The predicted molar refractivity (Wildman–Crippen MR) is 82.5 cm³/mol. The zero-order valence-corrected chi connectivity index (χ0v) is 12.9. The van der Waals surface area contributed by atoms with Gasteiger partial charge in [0.2, 0.25) is 0 Å². The summed E-state index contributed by atoms with van der Waals surface area (Å²) in [5.41, 5.74) is 0.860. The molecule has 1 N–H and O–H groups in total. The normalized spacial score (nSPS) is 36.9. The second-order valence-electron chi connectivity index (χ2n) is 7.39. The maximum atomic E-state index is 11.0. The zero-order valence-electron chi connectivity index (χ0n) is 12.1. The number of carboxylic acids is 1. The third-order valence-electron chi connectivity index (χ3n) is 5.67. The van der Waals surface area contributed by atoms with Gasteiger partial charge in [0.1, 0.15) is 0 Å². The van der Waals surface area contributed by atoms with Crippen molar-refractivity contribution in [3.05, 3.63) is 23.9 Å². The smallest absolute Gasteiger partial charge is 0.335 e. The Morgan fingerprint density at radius 1 is 1.24 bits per heavy atom. The minimum atomic E-state index is -0.867. The van der Waals surface area contributed by atoms with E-state index in [9.17, 15) is 4.79 Å². The molecule has 0 aliphatic heterocycles. The number of nitrogens with zero attached hydrogens (tertiary/aromatic N) is 1. The maximum absolute atomic E-state index is 11.0. The van der Waals surface area contributed by atoms with Crippen LogP contribution in [0.1, 0.15) is 48.9 Å². The molecule has 4 fully saturated rings. The van der Waals surface area contributed by atoms with Crippen LogP contribution in [-0.4, -0.2) is 21.8 Å². The van der Waals surface area contributed by atoms with Gasteiger partial charge in [-0.1, -0.05) is 0 Å². The van der Waals surface area contributed by atoms with E-state index in [1.807, 2.05) is 0 Å². The molecule has 4 heteroatoms. The number of rotatable bonds is 4. The van der Waals surface area contributed by atoms with Gasteiger partial charge < -0.3 is 5.11 Å². The van der Waals surface area contributed by atoms with Crippen LogP contribution < -0.4 is 0 Å². The van der Waals surface area contributed by atoms with Crippen molar-refractivity contribution in [2.75, 3.05) is 5.75 Å². The first-order valence-electron chi connectivity index (χ1n) is 7.94. The molecule has 3 nitrogen and oxygen atoms in total. The summed E-state index contributed by atoms with van der Waals surface area (Å²) >= 11 is 1.77. The van der Waals surface area contributed by atoms with Gasteiger partial charge in [-0.15, -0.1) is 11.8 Å². The molecule has 4 bridgehead atoms. The maximum Gasteiger partial charge on any atom is 0.335 e. The van der Waals surface area contributed by atoms with Gasteiger partial charge in [-0.2, -0.15) is 0 Å². The van der Waals surface area contributed by atoms with E-state index in [1.54, 1.807) is 30.1 Å². The molecule has 1 heterocycles. The fourth-order valence-corrected chi connectivity index (χ4v) is 6.47. The van der Waals surface area contributed by atoms with Crippen LogP contribution in [0.25, 0.3) is 0 Å². The average Bonchev–Trinajstić information content (AvgIpc) is 2.44. The number of pyridine rings is 1. The largest absolute Gasteiger partial charge is 0.478 e. The average molecular weight is 303 g/mol. The van der Waals surface area contributed by atoms with Crippen molar-refractivity contribution in [2.45, 2.75) is 43.6 Å². The summed E-state index contributed by atoms with van der Waals surface area (Å²) in [7, 11) is 0. The molecular formula is C17H21NO2S. The Hall–Kier alpha value is -1.03. The van der Waals surface area contributed by atoms with Gasteiger partial charge in [-0.25, -0.2) is 9.78 Å². The minimum absolute atomic E-state index is 0.345. The van der Waals surface area contributed by atoms with E-state index in [4.69, 9.17) is 5.11 Å². The van der Waals surface area contributed by atoms with Crippen LogP contribution in [0.2, 0.25) is 0 Å². The van der Waals surface area contributed by atoms with E-state index >= 15 is 0 Å². The molecule has 4 saturated carbocycles. The van der Waals surface area contributed by atoms with E-state index in [0.717, 1.165) is 28.5 Å². The lowest BCUT2D eigenvalue weighted by Gasteiger charge is -2.56. The molecule has 4 aliphatic carbocycles. The van der Waals surface area contributed by atoms with E-state index in [1.165, 1.54) is 38.5 Å². The third kappa shape index (κ3) is 2.59. The highest BCUT2D eigenvalue weighted by molar-refractivity contribution is 7.99. The highest BCUT2D eigenvalue weighted by Crippen LogP contribution is 2.61. The van der Waals surface area contributed by atoms with Crippen LogP contribution in [-0.2, 0) is 0 Å². The molecule has 1 aromatic heterocycles. The Morgan fingerprint density at radius 2 is 1.86 bits per heavy atom.